The number of aromatic amines is 1. The Labute approximate surface area is 130 Å². The van der Waals surface area contributed by atoms with Crippen LogP contribution < -0.4 is 0 Å². The number of H-pyrrole nitrogens is 1. The van der Waals surface area contributed by atoms with Crippen LogP contribution in [0.2, 0.25) is 0 Å². The third kappa shape index (κ3) is 3.92. The molecular weight excluding hydrogens is 280 g/mol. The number of aryl methyl sites for hydroxylation is 1. The Morgan fingerprint density at radius 3 is 2.68 bits per heavy atom. The van der Waals surface area contributed by atoms with E-state index in [2.05, 4.69) is 15.2 Å². The first-order valence-electron chi connectivity index (χ1n) is 7.31. The van der Waals surface area contributed by atoms with Crippen LogP contribution in [0, 0.1) is 6.92 Å². The quantitative estimate of drug-likeness (QED) is 0.885. The highest BCUT2D eigenvalue weighted by molar-refractivity contribution is 5.95. The summed E-state index contributed by atoms with van der Waals surface area (Å²) in [5.74, 6) is 1.18. The Balaban J connectivity index is 2.26. The van der Waals surface area contributed by atoms with E-state index in [1.807, 2.05) is 26.0 Å². The summed E-state index contributed by atoms with van der Waals surface area (Å²) in [6.45, 7) is 7.92. The van der Waals surface area contributed by atoms with Crippen LogP contribution >= 0.6 is 0 Å². The molecular formula is C16H22N4O2. The van der Waals surface area contributed by atoms with Crippen LogP contribution in [0.1, 0.15) is 37.0 Å². The molecule has 22 heavy (non-hydrogen) atoms. The van der Waals surface area contributed by atoms with Gasteiger partial charge in [-0.25, -0.2) is 4.98 Å². The molecule has 0 bridgehead atoms. The largest absolute Gasteiger partial charge is 0.389 e. The van der Waals surface area contributed by atoms with Crippen molar-refractivity contribution in [2.75, 3.05) is 13.1 Å². The number of carbonyl (C=O) groups excluding carboxylic acids is 1. The predicted molar refractivity (Wildman–Crippen MR) is 84.4 cm³/mol. The highest BCUT2D eigenvalue weighted by atomic mass is 16.3. The van der Waals surface area contributed by atoms with E-state index in [-0.39, 0.29) is 12.5 Å². The second-order valence-corrected chi connectivity index (χ2v) is 5.96. The maximum atomic E-state index is 12.6. The lowest BCUT2D eigenvalue weighted by Gasteiger charge is -2.28. The summed E-state index contributed by atoms with van der Waals surface area (Å²) < 4.78 is 0. The molecule has 0 aliphatic rings. The summed E-state index contributed by atoms with van der Waals surface area (Å²) in [5, 5.41) is 16.8. The zero-order valence-corrected chi connectivity index (χ0v) is 13.4. The number of rotatable bonds is 5. The molecule has 0 spiro atoms. The number of nitrogens with zero attached hydrogens (tertiary/aromatic N) is 3. The number of aromatic nitrogens is 3. The number of nitrogens with one attached hydrogen (secondary N) is 1. The minimum absolute atomic E-state index is 0.112. The number of benzene rings is 1. The Hall–Kier alpha value is -2.21. The normalized spacial score (nSPS) is 11.5. The van der Waals surface area contributed by atoms with Gasteiger partial charge in [0.15, 0.2) is 5.82 Å². The van der Waals surface area contributed by atoms with Gasteiger partial charge >= 0.3 is 0 Å². The number of amides is 1. The summed E-state index contributed by atoms with van der Waals surface area (Å²) in [5.41, 5.74) is 0.421. The highest BCUT2D eigenvalue weighted by Crippen LogP contribution is 2.18. The summed E-state index contributed by atoms with van der Waals surface area (Å²) >= 11 is 0. The average molecular weight is 302 g/mol. The van der Waals surface area contributed by atoms with Crippen molar-refractivity contribution in [1.29, 1.82) is 0 Å². The number of aliphatic hydroxyl groups is 1. The van der Waals surface area contributed by atoms with Crippen LogP contribution in [0.5, 0.6) is 0 Å². The number of hydrogen-bond acceptors (Lipinski definition) is 4. The van der Waals surface area contributed by atoms with Crippen LogP contribution in [-0.4, -0.2) is 49.8 Å². The minimum Gasteiger partial charge on any atom is -0.389 e. The lowest BCUT2D eigenvalue weighted by Crippen LogP contribution is -2.42. The van der Waals surface area contributed by atoms with Crippen LogP contribution in [0.4, 0.5) is 0 Å². The van der Waals surface area contributed by atoms with Gasteiger partial charge in [0.25, 0.3) is 5.91 Å². The maximum Gasteiger partial charge on any atom is 0.253 e. The van der Waals surface area contributed by atoms with Gasteiger partial charge in [0.05, 0.1) is 5.60 Å². The van der Waals surface area contributed by atoms with Crippen molar-refractivity contribution in [3.8, 4) is 11.4 Å². The molecule has 1 aromatic carbocycles. The van der Waals surface area contributed by atoms with Gasteiger partial charge in [-0.05, 0) is 39.8 Å². The van der Waals surface area contributed by atoms with Crippen molar-refractivity contribution in [2.24, 2.45) is 0 Å². The second-order valence-electron chi connectivity index (χ2n) is 5.96. The molecule has 2 rings (SSSR count). The molecule has 118 valence electrons. The van der Waals surface area contributed by atoms with Gasteiger partial charge < -0.3 is 10.0 Å². The lowest BCUT2D eigenvalue weighted by molar-refractivity contribution is 0.0315. The van der Waals surface area contributed by atoms with Crippen LogP contribution in [0.3, 0.4) is 0 Å². The molecule has 1 aromatic heterocycles. The molecule has 6 nitrogen and oxygen atoms in total. The van der Waals surface area contributed by atoms with E-state index in [1.54, 1.807) is 30.9 Å². The smallest absolute Gasteiger partial charge is 0.253 e. The summed E-state index contributed by atoms with van der Waals surface area (Å²) in [7, 11) is 0. The average Bonchev–Trinajstić information content (AvgIpc) is 2.90. The Bertz CT molecular complexity index is 658. The number of carbonyl (C=O) groups is 1. The Morgan fingerprint density at radius 1 is 1.41 bits per heavy atom. The SMILES string of the molecule is CCN(CC(C)(C)O)C(=O)c1cccc(-c2n[nH]c(C)n2)c1. The number of hydrogen-bond donors (Lipinski definition) is 2. The van der Waals surface area contributed by atoms with E-state index in [1.165, 1.54) is 0 Å². The van der Waals surface area contributed by atoms with E-state index >= 15 is 0 Å². The second kappa shape index (κ2) is 6.27. The fraction of sp³-hybridized carbons (Fsp3) is 0.438. The maximum absolute atomic E-state index is 12.6. The van der Waals surface area contributed by atoms with Gasteiger partial charge in [-0.2, -0.15) is 5.10 Å². The van der Waals surface area contributed by atoms with Crippen molar-refractivity contribution >= 4 is 5.91 Å². The Morgan fingerprint density at radius 2 is 2.14 bits per heavy atom. The highest BCUT2D eigenvalue weighted by Gasteiger charge is 2.22. The third-order valence-electron chi connectivity index (χ3n) is 3.21. The van der Waals surface area contributed by atoms with Crippen LogP contribution in [0.15, 0.2) is 24.3 Å². The fourth-order valence-electron chi connectivity index (χ4n) is 2.24. The van der Waals surface area contributed by atoms with Crippen molar-refractivity contribution in [3.63, 3.8) is 0 Å². The summed E-state index contributed by atoms with van der Waals surface area (Å²) in [4.78, 5) is 18.5. The summed E-state index contributed by atoms with van der Waals surface area (Å²) in [6, 6.07) is 7.22. The molecule has 2 N–H and O–H groups in total. The van der Waals surface area contributed by atoms with Crippen molar-refractivity contribution in [2.45, 2.75) is 33.3 Å². The molecule has 0 aliphatic carbocycles. The molecule has 1 amide bonds. The van der Waals surface area contributed by atoms with Crippen LogP contribution in [-0.2, 0) is 0 Å². The third-order valence-corrected chi connectivity index (χ3v) is 3.21. The zero-order valence-electron chi connectivity index (χ0n) is 13.4. The van der Waals surface area contributed by atoms with Gasteiger partial charge in [-0.15, -0.1) is 0 Å². The van der Waals surface area contributed by atoms with E-state index in [0.29, 0.717) is 17.9 Å². The van der Waals surface area contributed by atoms with Gasteiger partial charge in [-0.3, -0.25) is 9.89 Å². The van der Waals surface area contributed by atoms with Crippen LogP contribution in [0.25, 0.3) is 11.4 Å². The predicted octanol–water partition coefficient (Wildman–Crippen LogP) is 2.01. The fourth-order valence-corrected chi connectivity index (χ4v) is 2.24. The standard InChI is InChI=1S/C16H22N4O2/c1-5-20(10-16(3,4)22)15(21)13-8-6-7-12(9-13)14-17-11(2)18-19-14/h6-9,22H,5,10H2,1-4H3,(H,17,18,19). The van der Waals surface area contributed by atoms with Gasteiger partial charge in [0.2, 0.25) is 0 Å². The van der Waals surface area contributed by atoms with E-state index in [9.17, 15) is 9.90 Å². The van der Waals surface area contributed by atoms with Gasteiger partial charge in [-0.1, -0.05) is 12.1 Å². The molecule has 6 heteroatoms. The first-order chi connectivity index (χ1) is 10.3. The summed E-state index contributed by atoms with van der Waals surface area (Å²) in [6.07, 6.45) is 0. The molecule has 0 atom stereocenters. The first kappa shape index (κ1) is 16.2. The topological polar surface area (TPSA) is 82.1 Å². The van der Waals surface area contributed by atoms with Gasteiger partial charge in [0, 0.05) is 24.2 Å². The molecule has 0 saturated heterocycles. The molecule has 0 saturated carbocycles. The lowest BCUT2D eigenvalue weighted by atomic mass is 10.1. The molecule has 0 unspecified atom stereocenters. The first-order valence-corrected chi connectivity index (χ1v) is 7.31. The van der Waals surface area contributed by atoms with Crippen molar-refractivity contribution < 1.29 is 9.90 Å². The van der Waals surface area contributed by atoms with Crippen molar-refractivity contribution in [3.05, 3.63) is 35.7 Å². The molecule has 0 fully saturated rings. The minimum atomic E-state index is -0.926. The molecule has 1 heterocycles. The monoisotopic (exact) mass is 302 g/mol. The van der Waals surface area contributed by atoms with Gasteiger partial charge in [0.1, 0.15) is 5.82 Å². The molecule has 0 radical (unpaired) electrons. The molecule has 2 aromatic rings. The van der Waals surface area contributed by atoms with Crippen molar-refractivity contribution in [1.82, 2.24) is 20.1 Å². The van der Waals surface area contributed by atoms with E-state index in [4.69, 9.17) is 0 Å². The number of likely N-dealkylation sites (N-methyl/N-ethyl adjacent to an activating group) is 1. The zero-order chi connectivity index (χ0) is 16.3. The van der Waals surface area contributed by atoms with E-state index in [0.717, 1.165) is 11.4 Å². The Kier molecular flexibility index (Phi) is 4.61. The van der Waals surface area contributed by atoms with E-state index < -0.39 is 5.60 Å². The molecule has 0 aliphatic heterocycles.